The number of nitrogens with one attached hydrogen (secondary N) is 1. The Bertz CT molecular complexity index is 381. The molecule has 0 aliphatic carbocycles. The van der Waals surface area contributed by atoms with Gasteiger partial charge in [-0.1, -0.05) is 13.3 Å². The fourth-order valence-electron chi connectivity index (χ4n) is 2.22. The number of hydrogen-bond donors (Lipinski definition) is 1. The lowest BCUT2D eigenvalue weighted by Gasteiger charge is -2.19. The molecule has 18 heavy (non-hydrogen) atoms. The van der Waals surface area contributed by atoms with Gasteiger partial charge in [-0.3, -0.25) is 0 Å². The third kappa shape index (κ3) is 3.48. The van der Waals surface area contributed by atoms with E-state index in [2.05, 4.69) is 42.9 Å². The van der Waals surface area contributed by atoms with E-state index < -0.39 is 0 Å². The monoisotopic (exact) mass is 251 g/mol. The first kappa shape index (κ1) is 13.4. The highest BCUT2D eigenvalue weighted by atomic mass is 16.4. The van der Waals surface area contributed by atoms with Crippen molar-refractivity contribution in [1.29, 1.82) is 0 Å². The molecule has 1 aromatic rings. The molecule has 1 aliphatic heterocycles. The maximum absolute atomic E-state index is 5.58. The normalized spacial score (nSPS) is 20.7. The largest absolute Gasteiger partial charge is 0.432 e. The summed E-state index contributed by atoms with van der Waals surface area (Å²) < 4.78 is 5.58. The molecule has 102 valence electrons. The van der Waals surface area contributed by atoms with Gasteiger partial charge in [0, 0.05) is 25.2 Å². The Morgan fingerprint density at radius 1 is 1.50 bits per heavy atom. The molecular weight excluding hydrogens is 226 g/mol. The second-order valence-electron chi connectivity index (χ2n) is 6.23. The minimum absolute atomic E-state index is 0.111. The van der Waals surface area contributed by atoms with Gasteiger partial charge in [0.1, 0.15) is 6.26 Å². The average molecular weight is 251 g/mol. The van der Waals surface area contributed by atoms with Crippen LogP contribution in [0.5, 0.6) is 0 Å². The standard InChI is InChI=1S/C14H25N3O/c1-5-11-6-7-17(9-11)13-16-12(10-18-13)8-15-14(2,3)4/h10-11,15H,5-9H2,1-4H3. The number of nitrogens with zero attached hydrogens (tertiary/aromatic N) is 2. The minimum Gasteiger partial charge on any atom is -0.432 e. The summed E-state index contributed by atoms with van der Waals surface area (Å²) in [5.74, 6) is 0.799. The zero-order valence-corrected chi connectivity index (χ0v) is 12.0. The Morgan fingerprint density at radius 2 is 2.28 bits per heavy atom. The smallest absolute Gasteiger partial charge is 0.297 e. The van der Waals surface area contributed by atoms with Crippen molar-refractivity contribution < 1.29 is 4.42 Å². The summed E-state index contributed by atoms with van der Waals surface area (Å²) in [4.78, 5) is 6.82. The van der Waals surface area contributed by atoms with Crippen LogP contribution in [-0.2, 0) is 6.54 Å². The molecule has 1 unspecified atom stereocenters. The zero-order chi connectivity index (χ0) is 13.2. The summed E-state index contributed by atoms with van der Waals surface area (Å²) in [5.41, 5.74) is 1.10. The van der Waals surface area contributed by atoms with Crippen LogP contribution in [0.1, 0.15) is 46.2 Å². The fraction of sp³-hybridized carbons (Fsp3) is 0.786. The Labute approximate surface area is 110 Å². The van der Waals surface area contributed by atoms with E-state index in [1.165, 1.54) is 12.8 Å². The van der Waals surface area contributed by atoms with Gasteiger partial charge in [0.25, 0.3) is 6.01 Å². The molecule has 0 spiro atoms. The van der Waals surface area contributed by atoms with Crippen LogP contribution in [0.3, 0.4) is 0 Å². The molecule has 1 atom stereocenters. The zero-order valence-electron chi connectivity index (χ0n) is 12.0. The maximum Gasteiger partial charge on any atom is 0.297 e. The van der Waals surface area contributed by atoms with Gasteiger partial charge in [-0.05, 0) is 33.1 Å². The van der Waals surface area contributed by atoms with Gasteiger partial charge in [-0.15, -0.1) is 0 Å². The van der Waals surface area contributed by atoms with Crippen LogP contribution in [0.4, 0.5) is 6.01 Å². The van der Waals surface area contributed by atoms with Crippen LogP contribution in [0.15, 0.2) is 10.7 Å². The highest BCUT2D eigenvalue weighted by molar-refractivity contribution is 5.29. The molecular formula is C14H25N3O. The second kappa shape index (κ2) is 5.31. The molecule has 1 N–H and O–H groups in total. The first-order valence-electron chi connectivity index (χ1n) is 6.92. The van der Waals surface area contributed by atoms with Crippen molar-refractivity contribution in [1.82, 2.24) is 10.3 Å². The van der Waals surface area contributed by atoms with Crippen molar-refractivity contribution in [3.63, 3.8) is 0 Å². The molecule has 1 fully saturated rings. The minimum atomic E-state index is 0.111. The lowest BCUT2D eigenvalue weighted by Crippen LogP contribution is -2.35. The summed E-state index contributed by atoms with van der Waals surface area (Å²) in [6.45, 7) is 11.6. The topological polar surface area (TPSA) is 41.3 Å². The lowest BCUT2D eigenvalue weighted by molar-refractivity contribution is 0.421. The molecule has 0 radical (unpaired) electrons. The molecule has 0 bridgehead atoms. The van der Waals surface area contributed by atoms with Crippen molar-refractivity contribution in [2.45, 2.75) is 52.6 Å². The summed E-state index contributed by atoms with van der Waals surface area (Å²) >= 11 is 0. The van der Waals surface area contributed by atoms with E-state index in [0.717, 1.165) is 37.3 Å². The second-order valence-corrected chi connectivity index (χ2v) is 6.23. The first-order valence-corrected chi connectivity index (χ1v) is 6.92. The van der Waals surface area contributed by atoms with E-state index in [0.29, 0.717) is 0 Å². The number of hydrogen-bond acceptors (Lipinski definition) is 4. The average Bonchev–Trinajstić information content (AvgIpc) is 2.94. The Kier molecular flexibility index (Phi) is 3.95. The number of anilines is 1. The van der Waals surface area contributed by atoms with Crippen molar-refractivity contribution in [2.75, 3.05) is 18.0 Å². The molecule has 0 amide bonds. The SMILES string of the molecule is CCC1CCN(c2nc(CNC(C)(C)C)co2)C1. The predicted octanol–water partition coefficient (Wildman–Crippen LogP) is 2.80. The van der Waals surface area contributed by atoms with Crippen LogP contribution in [0.2, 0.25) is 0 Å². The number of aromatic nitrogens is 1. The summed E-state index contributed by atoms with van der Waals surface area (Å²) in [6.07, 6.45) is 4.28. The van der Waals surface area contributed by atoms with Gasteiger partial charge in [0.05, 0.1) is 5.69 Å². The van der Waals surface area contributed by atoms with Crippen LogP contribution >= 0.6 is 0 Å². The highest BCUT2D eigenvalue weighted by Gasteiger charge is 2.24. The van der Waals surface area contributed by atoms with Crippen molar-refractivity contribution >= 4 is 6.01 Å². The Hall–Kier alpha value is -1.03. The molecule has 1 saturated heterocycles. The molecule has 1 aromatic heterocycles. The molecule has 2 rings (SSSR count). The van der Waals surface area contributed by atoms with Crippen LogP contribution in [0, 0.1) is 5.92 Å². The third-order valence-electron chi connectivity index (χ3n) is 3.47. The van der Waals surface area contributed by atoms with E-state index >= 15 is 0 Å². The lowest BCUT2D eigenvalue weighted by atomic mass is 10.1. The van der Waals surface area contributed by atoms with Gasteiger partial charge >= 0.3 is 0 Å². The van der Waals surface area contributed by atoms with Crippen LogP contribution in [0.25, 0.3) is 0 Å². The van der Waals surface area contributed by atoms with Gasteiger partial charge in [0.2, 0.25) is 0 Å². The summed E-state index contributed by atoms with van der Waals surface area (Å²) in [7, 11) is 0. The number of rotatable bonds is 4. The van der Waals surface area contributed by atoms with E-state index in [4.69, 9.17) is 4.42 Å². The van der Waals surface area contributed by atoms with Crippen molar-refractivity contribution in [2.24, 2.45) is 5.92 Å². The molecule has 1 aliphatic rings. The van der Waals surface area contributed by atoms with Crippen LogP contribution in [-0.4, -0.2) is 23.6 Å². The van der Waals surface area contributed by atoms with Gasteiger partial charge in [-0.2, -0.15) is 4.98 Å². The van der Waals surface area contributed by atoms with Gasteiger partial charge < -0.3 is 14.6 Å². The molecule has 4 nitrogen and oxygen atoms in total. The number of oxazole rings is 1. The summed E-state index contributed by atoms with van der Waals surface area (Å²) in [6, 6.07) is 0.789. The Morgan fingerprint density at radius 3 is 2.89 bits per heavy atom. The van der Waals surface area contributed by atoms with E-state index in [-0.39, 0.29) is 5.54 Å². The van der Waals surface area contributed by atoms with Gasteiger partial charge in [-0.25, -0.2) is 0 Å². The summed E-state index contributed by atoms with van der Waals surface area (Å²) in [5, 5.41) is 3.42. The van der Waals surface area contributed by atoms with E-state index in [1.54, 1.807) is 6.26 Å². The first-order chi connectivity index (χ1) is 8.48. The third-order valence-corrected chi connectivity index (χ3v) is 3.47. The maximum atomic E-state index is 5.58. The van der Waals surface area contributed by atoms with Crippen LogP contribution < -0.4 is 10.2 Å². The molecule has 4 heteroatoms. The molecule has 0 aromatic carbocycles. The molecule has 0 saturated carbocycles. The van der Waals surface area contributed by atoms with Crippen molar-refractivity contribution in [3.05, 3.63) is 12.0 Å². The van der Waals surface area contributed by atoms with Crippen molar-refractivity contribution in [3.8, 4) is 0 Å². The van der Waals surface area contributed by atoms with E-state index in [1.807, 2.05) is 0 Å². The predicted molar refractivity (Wildman–Crippen MR) is 73.7 cm³/mol. The Balaban J connectivity index is 1.90. The molecule has 2 heterocycles. The highest BCUT2D eigenvalue weighted by Crippen LogP contribution is 2.24. The quantitative estimate of drug-likeness (QED) is 0.893. The fourth-order valence-corrected chi connectivity index (χ4v) is 2.22. The van der Waals surface area contributed by atoms with Gasteiger partial charge in [0.15, 0.2) is 0 Å². The van der Waals surface area contributed by atoms with E-state index in [9.17, 15) is 0 Å².